The first-order valence-corrected chi connectivity index (χ1v) is 8.77. The zero-order valence-electron chi connectivity index (χ0n) is 14.4. The van der Waals surface area contributed by atoms with E-state index in [1.165, 1.54) is 25.7 Å². The SMILES string of the molecule is N/C(CN1CCCCCC1)=N/OCCOCCOc1ccccc1. The molecule has 0 bridgehead atoms. The van der Waals surface area contributed by atoms with Gasteiger partial charge in [-0.05, 0) is 38.1 Å². The highest BCUT2D eigenvalue weighted by atomic mass is 16.6. The number of likely N-dealkylation sites (tertiary alicyclic amines) is 1. The predicted molar refractivity (Wildman–Crippen MR) is 95.2 cm³/mol. The van der Waals surface area contributed by atoms with Gasteiger partial charge in [0, 0.05) is 0 Å². The minimum atomic E-state index is 0.395. The topological polar surface area (TPSA) is 69.3 Å². The zero-order valence-corrected chi connectivity index (χ0v) is 14.4. The molecule has 134 valence electrons. The fourth-order valence-corrected chi connectivity index (χ4v) is 2.61. The number of hydrogen-bond donors (Lipinski definition) is 1. The molecule has 1 aromatic rings. The minimum absolute atomic E-state index is 0.395. The Kier molecular flexibility index (Phi) is 9.04. The van der Waals surface area contributed by atoms with Crippen LogP contribution in [-0.4, -0.2) is 56.8 Å². The van der Waals surface area contributed by atoms with Gasteiger partial charge in [0.15, 0.2) is 5.84 Å². The lowest BCUT2D eigenvalue weighted by molar-refractivity contribution is 0.0382. The van der Waals surface area contributed by atoms with Crippen molar-refractivity contribution in [2.24, 2.45) is 10.9 Å². The van der Waals surface area contributed by atoms with E-state index in [0.717, 1.165) is 18.8 Å². The van der Waals surface area contributed by atoms with Crippen LogP contribution >= 0.6 is 0 Å². The highest BCUT2D eigenvalue weighted by Crippen LogP contribution is 2.09. The van der Waals surface area contributed by atoms with Gasteiger partial charge in [0.25, 0.3) is 0 Å². The maximum Gasteiger partial charge on any atom is 0.153 e. The van der Waals surface area contributed by atoms with E-state index in [0.29, 0.717) is 38.8 Å². The molecule has 1 fully saturated rings. The summed E-state index contributed by atoms with van der Waals surface area (Å²) in [4.78, 5) is 7.54. The molecule has 2 N–H and O–H groups in total. The summed E-state index contributed by atoms with van der Waals surface area (Å²) in [5, 5.41) is 3.96. The molecule has 1 aliphatic heterocycles. The number of nitrogens with two attached hydrogens (primary N) is 1. The summed E-state index contributed by atoms with van der Waals surface area (Å²) >= 11 is 0. The molecule has 2 rings (SSSR count). The third kappa shape index (κ3) is 8.17. The van der Waals surface area contributed by atoms with E-state index in [-0.39, 0.29) is 0 Å². The lowest BCUT2D eigenvalue weighted by atomic mass is 10.2. The number of oxime groups is 1. The van der Waals surface area contributed by atoms with Gasteiger partial charge in [-0.2, -0.15) is 0 Å². The van der Waals surface area contributed by atoms with Gasteiger partial charge in [-0.3, -0.25) is 4.90 Å². The number of rotatable bonds is 10. The van der Waals surface area contributed by atoms with Crippen LogP contribution in [0.3, 0.4) is 0 Å². The number of amidine groups is 1. The van der Waals surface area contributed by atoms with Crippen molar-refractivity contribution in [3.05, 3.63) is 30.3 Å². The third-order valence-corrected chi connectivity index (χ3v) is 3.82. The Balaban J connectivity index is 1.46. The molecule has 1 heterocycles. The molecule has 6 heteroatoms. The molecule has 0 amide bonds. The molecule has 0 aromatic heterocycles. The van der Waals surface area contributed by atoms with E-state index in [4.69, 9.17) is 20.0 Å². The number of hydrogen-bond acceptors (Lipinski definition) is 5. The molecule has 6 nitrogen and oxygen atoms in total. The van der Waals surface area contributed by atoms with Gasteiger partial charge in [0.05, 0.1) is 19.8 Å². The van der Waals surface area contributed by atoms with Crippen molar-refractivity contribution in [1.82, 2.24) is 4.90 Å². The highest BCUT2D eigenvalue weighted by Gasteiger charge is 2.10. The smallest absolute Gasteiger partial charge is 0.153 e. The van der Waals surface area contributed by atoms with Gasteiger partial charge in [-0.1, -0.05) is 36.2 Å². The zero-order chi connectivity index (χ0) is 16.9. The van der Waals surface area contributed by atoms with Crippen LogP contribution in [0.25, 0.3) is 0 Å². The van der Waals surface area contributed by atoms with E-state index < -0.39 is 0 Å². The Hall–Kier alpha value is -1.79. The molecular formula is C18H29N3O3. The first-order valence-electron chi connectivity index (χ1n) is 8.77. The van der Waals surface area contributed by atoms with Crippen LogP contribution in [0.5, 0.6) is 5.75 Å². The Morgan fingerprint density at radius 2 is 1.67 bits per heavy atom. The molecule has 1 aliphatic rings. The van der Waals surface area contributed by atoms with Crippen molar-refractivity contribution in [2.75, 3.05) is 46.1 Å². The van der Waals surface area contributed by atoms with E-state index in [1.54, 1.807) is 0 Å². The lowest BCUT2D eigenvalue weighted by Gasteiger charge is -2.18. The van der Waals surface area contributed by atoms with Gasteiger partial charge < -0.3 is 20.0 Å². The summed E-state index contributed by atoms with van der Waals surface area (Å²) in [5.74, 6) is 1.38. The highest BCUT2D eigenvalue weighted by molar-refractivity contribution is 5.81. The predicted octanol–water partition coefficient (Wildman–Crippen LogP) is 2.25. The fourth-order valence-electron chi connectivity index (χ4n) is 2.61. The number of para-hydroxylation sites is 1. The Morgan fingerprint density at radius 1 is 0.958 bits per heavy atom. The van der Waals surface area contributed by atoms with Gasteiger partial charge >= 0.3 is 0 Å². The second-order valence-electron chi connectivity index (χ2n) is 5.88. The van der Waals surface area contributed by atoms with Crippen LogP contribution < -0.4 is 10.5 Å². The maximum absolute atomic E-state index is 5.90. The second-order valence-corrected chi connectivity index (χ2v) is 5.88. The van der Waals surface area contributed by atoms with E-state index in [1.807, 2.05) is 30.3 Å². The maximum atomic E-state index is 5.90. The summed E-state index contributed by atoms with van der Waals surface area (Å²) in [7, 11) is 0. The first-order chi connectivity index (χ1) is 11.8. The molecule has 24 heavy (non-hydrogen) atoms. The van der Waals surface area contributed by atoms with Gasteiger partial charge in [-0.15, -0.1) is 0 Å². The van der Waals surface area contributed by atoms with Crippen LogP contribution in [0.4, 0.5) is 0 Å². The Bertz CT molecular complexity index is 460. The Morgan fingerprint density at radius 3 is 2.42 bits per heavy atom. The average molecular weight is 335 g/mol. The van der Waals surface area contributed by atoms with Crippen LogP contribution in [0.2, 0.25) is 0 Å². The average Bonchev–Trinajstić information content (AvgIpc) is 2.87. The summed E-state index contributed by atoms with van der Waals surface area (Å²) < 4.78 is 11.0. The fraction of sp³-hybridized carbons (Fsp3) is 0.611. The molecule has 1 saturated heterocycles. The second kappa shape index (κ2) is 11.7. The van der Waals surface area contributed by atoms with Gasteiger partial charge in [0.1, 0.15) is 19.0 Å². The number of ether oxygens (including phenoxy) is 2. The molecule has 0 radical (unpaired) electrons. The first kappa shape index (κ1) is 18.5. The van der Waals surface area contributed by atoms with Crippen molar-refractivity contribution >= 4 is 5.84 Å². The normalized spacial score (nSPS) is 16.6. The molecule has 0 atom stereocenters. The van der Waals surface area contributed by atoms with Gasteiger partial charge in [-0.25, -0.2) is 0 Å². The van der Waals surface area contributed by atoms with E-state index >= 15 is 0 Å². The van der Waals surface area contributed by atoms with Crippen LogP contribution in [-0.2, 0) is 9.57 Å². The van der Waals surface area contributed by atoms with Crippen molar-refractivity contribution in [3.63, 3.8) is 0 Å². The number of benzene rings is 1. The molecule has 1 aromatic carbocycles. The van der Waals surface area contributed by atoms with Crippen molar-refractivity contribution in [3.8, 4) is 5.75 Å². The van der Waals surface area contributed by atoms with Crippen LogP contribution in [0, 0.1) is 0 Å². The van der Waals surface area contributed by atoms with E-state index in [2.05, 4.69) is 10.1 Å². The summed E-state index contributed by atoms with van der Waals surface area (Å²) in [5.41, 5.74) is 5.90. The van der Waals surface area contributed by atoms with Crippen LogP contribution in [0.15, 0.2) is 35.5 Å². The largest absolute Gasteiger partial charge is 0.491 e. The summed E-state index contributed by atoms with van der Waals surface area (Å²) in [6.45, 7) is 4.79. The Labute approximate surface area is 144 Å². The quantitative estimate of drug-likeness (QED) is 0.307. The third-order valence-electron chi connectivity index (χ3n) is 3.82. The lowest BCUT2D eigenvalue weighted by Crippen LogP contribution is -2.34. The van der Waals surface area contributed by atoms with Crippen molar-refractivity contribution in [1.29, 1.82) is 0 Å². The summed E-state index contributed by atoms with van der Waals surface area (Å²) in [6.07, 6.45) is 5.12. The molecular weight excluding hydrogens is 306 g/mol. The molecule has 0 spiro atoms. The molecule has 0 aliphatic carbocycles. The minimum Gasteiger partial charge on any atom is -0.491 e. The monoisotopic (exact) mass is 335 g/mol. The molecule has 0 saturated carbocycles. The number of nitrogens with zero attached hydrogens (tertiary/aromatic N) is 2. The van der Waals surface area contributed by atoms with E-state index in [9.17, 15) is 0 Å². The molecule has 0 unspecified atom stereocenters. The van der Waals surface area contributed by atoms with Crippen molar-refractivity contribution in [2.45, 2.75) is 25.7 Å². The van der Waals surface area contributed by atoms with Crippen LogP contribution in [0.1, 0.15) is 25.7 Å². The van der Waals surface area contributed by atoms with Crippen molar-refractivity contribution < 1.29 is 14.3 Å². The standard InChI is InChI=1S/C18H29N3O3/c19-18(16-21-10-6-1-2-7-11-21)20-24-15-13-22-12-14-23-17-8-4-3-5-9-17/h3-5,8-9H,1-2,6-7,10-16H2,(H2,19,20). The summed E-state index contributed by atoms with van der Waals surface area (Å²) in [6, 6.07) is 9.69. The van der Waals surface area contributed by atoms with Gasteiger partial charge in [0.2, 0.25) is 0 Å².